The fourth-order valence-electron chi connectivity index (χ4n) is 2.12. The van der Waals surface area contributed by atoms with Crippen molar-refractivity contribution in [3.63, 3.8) is 0 Å². The summed E-state index contributed by atoms with van der Waals surface area (Å²) in [6.45, 7) is 2.49. The van der Waals surface area contributed by atoms with E-state index in [0.29, 0.717) is 6.54 Å². The average Bonchev–Trinajstić information content (AvgIpc) is 2.49. The van der Waals surface area contributed by atoms with Crippen LogP contribution < -0.4 is 5.32 Å². The van der Waals surface area contributed by atoms with Crippen LogP contribution in [0, 0.1) is 0 Å². The lowest BCUT2D eigenvalue weighted by Gasteiger charge is -2.23. The molecule has 1 N–H and O–H groups in total. The van der Waals surface area contributed by atoms with Crippen LogP contribution in [0.1, 0.15) is 12.5 Å². The quantitative estimate of drug-likeness (QED) is 0.890. The smallest absolute Gasteiger partial charge is 0.244 e. The summed E-state index contributed by atoms with van der Waals surface area (Å²) in [4.78, 5) is 14.1. The van der Waals surface area contributed by atoms with Crippen LogP contribution in [0.15, 0.2) is 59.1 Å². The molecular weight excluding hydrogens is 328 g/mol. The second-order valence-corrected chi connectivity index (χ2v) is 5.97. The molecule has 0 heterocycles. The number of carbonyl (C=O) groups excluding carboxylic acids is 1. The van der Waals surface area contributed by atoms with Gasteiger partial charge in [0.15, 0.2) is 0 Å². The highest BCUT2D eigenvalue weighted by Crippen LogP contribution is 2.13. The molecule has 2 rings (SSSR count). The number of anilines is 1. The van der Waals surface area contributed by atoms with Crippen LogP contribution in [0.2, 0.25) is 0 Å². The molecule has 1 amide bonds. The Balaban J connectivity index is 1.93. The SMILES string of the molecule is C[C@H](Nc1ccccc1)C(=O)N(C)Cc1ccc(Br)cc1. The van der Waals surface area contributed by atoms with Crippen molar-refractivity contribution in [3.8, 4) is 0 Å². The number of amides is 1. The molecule has 0 saturated heterocycles. The van der Waals surface area contributed by atoms with E-state index in [1.807, 2.05) is 68.6 Å². The predicted octanol–water partition coefficient (Wildman–Crippen LogP) is 3.91. The van der Waals surface area contributed by atoms with Crippen molar-refractivity contribution in [3.05, 3.63) is 64.6 Å². The number of carbonyl (C=O) groups is 1. The normalized spacial score (nSPS) is 11.8. The number of para-hydroxylation sites is 1. The molecule has 3 nitrogen and oxygen atoms in total. The van der Waals surface area contributed by atoms with Crippen molar-refractivity contribution in [1.82, 2.24) is 4.90 Å². The highest BCUT2D eigenvalue weighted by atomic mass is 79.9. The van der Waals surface area contributed by atoms with Crippen LogP contribution in [0.5, 0.6) is 0 Å². The number of rotatable bonds is 5. The van der Waals surface area contributed by atoms with Gasteiger partial charge in [0.05, 0.1) is 0 Å². The minimum atomic E-state index is -0.257. The molecule has 0 bridgehead atoms. The van der Waals surface area contributed by atoms with Gasteiger partial charge in [-0.05, 0) is 36.8 Å². The van der Waals surface area contributed by atoms with E-state index in [0.717, 1.165) is 15.7 Å². The van der Waals surface area contributed by atoms with E-state index in [1.165, 1.54) is 0 Å². The molecule has 1 atom stereocenters. The standard InChI is InChI=1S/C17H19BrN2O/c1-13(19-16-6-4-3-5-7-16)17(21)20(2)12-14-8-10-15(18)11-9-14/h3-11,13,19H,12H2,1-2H3/t13-/m0/s1. The lowest BCUT2D eigenvalue weighted by Crippen LogP contribution is -2.38. The molecule has 0 saturated carbocycles. The Morgan fingerprint density at radius 3 is 2.38 bits per heavy atom. The fraction of sp³-hybridized carbons (Fsp3) is 0.235. The van der Waals surface area contributed by atoms with E-state index in [2.05, 4.69) is 21.2 Å². The van der Waals surface area contributed by atoms with Gasteiger partial charge in [-0.2, -0.15) is 0 Å². The van der Waals surface area contributed by atoms with E-state index in [9.17, 15) is 4.79 Å². The van der Waals surface area contributed by atoms with E-state index >= 15 is 0 Å². The number of nitrogens with zero attached hydrogens (tertiary/aromatic N) is 1. The predicted molar refractivity (Wildman–Crippen MR) is 90.1 cm³/mol. The van der Waals surface area contributed by atoms with Crippen LogP contribution >= 0.6 is 15.9 Å². The molecule has 2 aromatic rings. The van der Waals surface area contributed by atoms with Crippen LogP contribution in [0.25, 0.3) is 0 Å². The molecule has 0 aliphatic heterocycles. The van der Waals surface area contributed by atoms with Gasteiger partial charge in [-0.1, -0.05) is 46.3 Å². The number of likely N-dealkylation sites (N-methyl/N-ethyl adjacent to an activating group) is 1. The second kappa shape index (κ2) is 7.27. The Morgan fingerprint density at radius 2 is 1.76 bits per heavy atom. The van der Waals surface area contributed by atoms with Crippen molar-refractivity contribution >= 4 is 27.5 Å². The van der Waals surface area contributed by atoms with Crippen molar-refractivity contribution in [1.29, 1.82) is 0 Å². The van der Waals surface area contributed by atoms with Crippen molar-refractivity contribution in [2.24, 2.45) is 0 Å². The van der Waals surface area contributed by atoms with Gasteiger partial charge in [0.25, 0.3) is 0 Å². The third-order valence-corrected chi connectivity index (χ3v) is 3.77. The summed E-state index contributed by atoms with van der Waals surface area (Å²) in [5.74, 6) is 0.0711. The zero-order valence-corrected chi connectivity index (χ0v) is 13.8. The lowest BCUT2D eigenvalue weighted by molar-refractivity contribution is -0.130. The van der Waals surface area contributed by atoms with Gasteiger partial charge in [0, 0.05) is 23.8 Å². The van der Waals surface area contributed by atoms with Gasteiger partial charge in [-0.15, -0.1) is 0 Å². The minimum Gasteiger partial charge on any atom is -0.374 e. The van der Waals surface area contributed by atoms with E-state index in [1.54, 1.807) is 4.90 Å². The molecule has 0 aliphatic rings. The summed E-state index contributed by atoms with van der Waals surface area (Å²) in [5, 5.41) is 3.22. The first-order valence-electron chi connectivity index (χ1n) is 6.87. The maximum Gasteiger partial charge on any atom is 0.244 e. The Kier molecular flexibility index (Phi) is 5.39. The number of hydrogen-bond donors (Lipinski definition) is 1. The third-order valence-electron chi connectivity index (χ3n) is 3.24. The molecule has 110 valence electrons. The van der Waals surface area contributed by atoms with Gasteiger partial charge in [-0.25, -0.2) is 0 Å². The highest BCUT2D eigenvalue weighted by molar-refractivity contribution is 9.10. The zero-order chi connectivity index (χ0) is 15.2. The molecule has 0 aromatic heterocycles. The molecule has 0 fully saturated rings. The Labute approximate surface area is 134 Å². The molecule has 21 heavy (non-hydrogen) atoms. The maximum absolute atomic E-state index is 12.4. The Hall–Kier alpha value is -1.81. The largest absolute Gasteiger partial charge is 0.374 e. The van der Waals surface area contributed by atoms with Crippen LogP contribution in [-0.2, 0) is 11.3 Å². The average molecular weight is 347 g/mol. The van der Waals surface area contributed by atoms with E-state index in [4.69, 9.17) is 0 Å². The lowest BCUT2D eigenvalue weighted by atomic mass is 10.2. The first-order valence-corrected chi connectivity index (χ1v) is 7.66. The van der Waals surface area contributed by atoms with Crippen molar-refractivity contribution in [2.75, 3.05) is 12.4 Å². The number of benzene rings is 2. The van der Waals surface area contributed by atoms with Crippen LogP contribution in [0.3, 0.4) is 0 Å². The first kappa shape index (κ1) is 15.6. The van der Waals surface area contributed by atoms with Gasteiger partial charge >= 0.3 is 0 Å². The third kappa shape index (κ3) is 4.60. The van der Waals surface area contributed by atoms with E-state index < -0.39 is 0 Å². The second-order valence-electron chi connectivity index (χ2n) is 5.05. The summed E-state index contributed by atoms with van der Waals surface area (Å²) < 4.78 is 1.04. The van der Waals surface area contributed by atoms with Crippen molar-refractivity contribution in [2.45, 2.75) is 19.5 Å². The highest BCUT2D eigenvalue weighted by Gasteiger charge is 2.17. The minimum absolute atomic E-state index is 0.0711. The molecule has 0 unspecified atom stereocenters. The molecule has 0 spiro atoms. The number of halogens is 1. The topological polar surface area (TPSA) is 32.3 Å². The van der Waals surface area contributed by atoms with Crippen LogP contribution in [0.4, 0.5) is 5.69 Å². The monoisotopic (exact) mass is 346 g/mol. The van der Waals surface area contributed by atoms with E-state index in [-0.39, 0.29) is 11.9 Å². The van der Waals surface area contributed by atoms with Crippen molar-refractivity contribution < 1.29 is 4.79 Å². The van der Waals surface area contributed by atoms with Crippen LogP contribution in [-0.4, -0.2) is 23.9 Å². The summed E-state index contributed by atoms with van der Waals surface area (Å²) in [6.07, 6.45) is 0. The zero-order valence-electron chi connectivity index (χ0n) is 12.2. The van der Waals surface area contributed by atoms with Gasteiger partial charge in [-0.3, -0.25) is 4.79 Å². The summed E-state index contributed by atoms with van der Waals surface area (Å²) >= 11 is 3.41. The molecule has 0 aliphatic carbocycles. The Bertz CT molecular complexity index is 583. The number of nitrogens with one attached hydrogen (secondary N) is 1. The molecule has 0 radical (unpaired) electrons. The summed E-state index contributed by atoms with van der Waals surface area (Å²) in [6, 6.07) is 17.5. The molecule has 2 aromatic carbocycles. The van der Waals surface area contributed by atoms with Gasteiger partial charge < -0.3 is 10.2 Å². The molecule has 4 heteroatoms. The van der Waals surface area contributed by atoms with Gasteiger partial charge in [0.2, 0.25) is 5.91 Å². The molecular formula is C17H19BrN2O. The summed E-state index contributed by atoms with van der Waals surface area (Å²) in [7, 11) is 1.83. The number of hydrogen-bond acceptors (Lipinski definition) is 2. The Morgan fingerprint density at radius 1 is 1.14 bits per heavy atom. The first-order chi connectivity index (χ1) is 10.1. The van der Waals surface area contributed by atoms with Gasteiger partial charge in [0.1, 0.15) is 6.04 Å². The fourth-order valence-corrected chi connectivity index (χ4v) is 2.38. The maximum atomic E-state index is 12.4. The summed E-state index contributed by atoms with van der Waals surface area (Å²) in [5.41, 5.74) is 2.07.